The van der Waals surface area contributed by atoms with Crippen molar-refractivity contribution < 1.29 is 90.6 Å². The van der Waals surface area contributed by atoms with Crippen molar-refractivity contribution in [1.29, 1.82) is 10.8 Å². The number of carbonyl (C=O) groups excluding carboxylic acids is 10. The Morgan fingerprint density at radius 2 is 0.960 bits per heavy atom. The van der Waals surface area contributed by atoms with Gasteiger partial charge in [0.05, 0.1) is 124 Å². The summed E-state index contributed by atoms with van der Waals surface area (Å²) < 4.78 is 54.2. The number of aryl methyl sites for hydroxylation is 3. The summed E-state index contributed by atoms with van der Waals surface area (Å²) in [5.41, 5.74) is 15.8. The Bertz CT molecular complexity index is 4480. The maximum atomic E-state index is 13.6. The number of hydrogen-bond donors (Lipinski definition) is 16. The van der Waals surface area contributed by atoms with Crippen molar-refractivity contribution in [1.82, 2.24) is 60.9 Å². The van der Waals surface area contributed by atoms with Crippen LogP contribution < -0.4 is 80.2 Å². The summed E-state index contributed by atoms with van der Waals surface area (Å²) >= 11 is 6.14. The largest absolute Gasteiger partial charge is 0.444 e. The molecule has 6 aromatic rings. The number of hydrogen-bond acceptors (Lipinski definition) is 24. The van der Waals surface area contributed by atoms with Gasteiger partial charge in [0.25, 0.3) is 17.7 Å². The quantitative estimate of drug-likeness (QED) is 0.0143. The number of fused-ring (bicyclic) bond motifs is 1. The van der Waals surface area contributed by atoms with E-state index in [1.54, 1.807) is 41.8 Å². The van der Waals surface area contributed by atoms with Crippen LogP contribution in [-0.4, -0.2) is 257 Å². The first-order chi connectivity index (χ1) is 59.4. The Kier molecular flexibility index (Phi) is 42.1. The van der Waals surface area contributed by atoms with Gasteiger partial charge in [-0.05, 0) is 131 Å². The van der Waals surface area contributed by atoms with Crippen LogP contribution in [0.25, 0.3) is 11.1 Å². The monoisotopic (exact) mass is 1750 g/mol. The zero-order valence-electron chi connectivity index (χ0n) is 71.4. The molecule has 0 saturated carbocycles. The van der Waals surface area contributed by atoms with Gasteiger partial charge in [0, 0.05) is 120 Å². The number of halogens is 1. The lowest BCUT2D eigenvalue weighted by atomic mass is 9.89. The van der Waals surface area contributed by atoms with Crippen LogP contribution in [0.5, 0.6) is 0 Å². The lowest BCUT2D eigenvalue weighted by Gasteiger charge is -2.39. The fourth-order valence-corrected chi connectivity index (χ4v) is 12.7. The molecule has 1 aliphatic rings. The molecule has 4 heterocycles. The van der Waals surface area contributed by atoms with Crippen LogP contribution in [0, 0.1) is 10.8 Å². The van der Waals surface area contributed by atoms with E-state index in [1.807, 2.05) is 65.6 Å². The molecule has 1 aliphatic heterocycles. The van der Waals surface area contributed by atoms with Gasteiger partial charge in [-0.1, -0.05) is 29.8 Å². The van der Waals surface area contributed by atoms with E-state index in [9.17, 15) is 47.9 Å². The second kappa shape index (κ2) is 52.6. The molecule has 0 saturated heterocycles. The van der Waals surface area contributed by atoms with Gasteiger partial charge in [0.1, 0.15) is 23.4 Å². The number of nitrogens with one attached hydrogen (secondary N) is 14. The average molecular weight is 1750 g/mol. The predicted molar refractivity (Wildman–Crippen MR) is 464 cm³/mol. The minimum Gasteiger partial charge on any atom is -0.444 e. The van der Waals surface area contributed by atoms with Crippen LogP contribution in [0.4, 0.5) is 39.2 Å². The van der Waals surface area contributed by atoms with E-state index in [4.69, 9.17) is 76.5 Å². The van der Waals surface area contributed by atoms with E-state index < -0.39 is 65.1 Å². The molecule has 18 N–H and O–H groups in total. The minimum atomic E-state index is -1.15. The molecule has 0 bridgehead atoms. The van der Waals surface area contributed by atoms with Crippen molar-refractivity contribution in [2.24, 2.45) is 32.6 Å². The zero-order valence-corrected chi connectivity index (χ0v) is 72.2. The second-order valence-corrected chi connectivity index (χ2v) is 30.1. The molecule has 0 spiro atoms. The molecule has 41 nitrogen and oxygen atoms in total. The van der Waals surface area contributed by atoms with Crippen LogP contribution in [0.1, 0.15) is 129 Å². The first-order valence-electron chi connectivity index (χ1n) is 40.8. The molecule has 4 atom stereocenters. The van der Waals surface area contributed by atoms with Crippen LogP contribution in [0.2, 0.25) is 5.02 Å². The summed E-state index contributed by atoms with van der Waals surface area (Å²) in [7, 11) is 4.70. The molecule has 42 heteroatoms. The smallest absolute Gasteiger partial charge is 0.408 e. The van der Waals surface area contributed by atoms with Crippen LogP contribution >= 0.6 is 11.6 Å². The number of nitrogens with zero attached hydrogens (tertiary/aromatic N) is 6. The first kappa shape index (κ1) is 99.3. The van der Waals surface area contributed by atoms with Crippen molar-refractivity contribution >= 4 is 117 Å². The number of imidazole rings is 2. The van der Waals surface area contributed by atoms with Crippen molar-refractivity contribution in [2.75, 3.05) is 170 Å². The third-order valence-electron chi connectivity index (χ3n) is 18.4. The number of carbonyl (C=O) groups is 10. The lowest BCUT2D eigenvalue weighted by Crippen LogP contribution is -2.54. The van der Waals surface area contributed by atoms with Gasteiger partial charge < -0.3 is 137 Å². The van der Waals surface area contributed by atoms with Crippen LogP contribution in [0.15, 0.2) is 91.4 Å². The highest BCUT2D eigenvalue weighted by atomic mass is 35.5. The van der Waals surface area contributed by atoms with Crippen molar-refractivity contribution in [3.63, 3.8) is 0 Å². The maximum absolute atomic E-state index is 13.6. The Hall–Kier alpha value is -11.8. The summed E-state index contributed by atoms with van der Waals surface area (Å²) in [5, 5.41) is 48.4. The van der Waals surface area contributed by atoms with E-state index >= 15 is 0 Å². The SMILES string of the molecule is CC(=O)N1c2ccc(-c3ccc(NC(=O)CCOCCOCCOCCOCCOCCOCCOCCOCCNC(=O)c4nc(NC(=O)CCNC(=O)c5cc(NC(=O)c6nc(NC(=O)CCNC(=O)[C@H](CCCNC(=N)N)NC(=O)[C@H](CCCNC(=N)N)NC(=O)OC(C)(C)C)cn6C)cn5C)cn4C)cc3)cc2[C@H](Nc2ccc(Cl)cc2)C[C@@H]1C. The van der Waals surface area contributed by atoms with Gasteiger partial charge in [-0.25, -0.2) is 14.8 Å². The van der Waals surface area contributed by atoms with Gasteiger partial charge in [-0.3, -0.25) is 54.0 Å². The number of guanidine groups is 2. The molecular weight excluding hydrogens is 1630 g/mol. The van der Waals surface area contributed by atoms with Gasteiger partial charge in [0.15, 0.2) is 23.6 Å². The highest BCUT2D eigenvalue weighted by Crippen LogP contribution is 2.41. The molecule has 124 heavy (non-hydrogen) atoms. The molecule has 3 aromatic heterocycles. The normalized spacial score (nSPS) is 13.4. The number of ether oxygens (including phenoxy) is 9. The van der Waals surface area contributed by atoms with Gasteiger partial charge in [-0.15, -0.1) is 0 Å². The molecule has 0 fully saturated rings. The number of amides is 10. The topological polar surface area (TPSA) is 542 Å². The maximum Gasteiger partial charge on any atom is 0.408 e. The van der Waals surface area contributed by atoms with E-state index in [0.717, 1.165) is 34.5 Å². The second-order valence-electron chi connectivity index (χ2n) is 29.7. The third-order valence-corrected chi connectivity index (χ3v) is 18.7. The number of nitrogens with two attached hydrogens (primary N) is 2. The van der Waals surface area contributed by atoms with Crippen LogP contribution in [0.3, 0.4) is 0 Å². The van der Waals surface area contributed by atoms with E-state index in [1.165, 1.54) is 45.4 Å². The standard InChI is InChI=1S/C82H119ClN22O19/c1-53-47-64(93-58-20-16-57(83)17-21-58)61-48-56(15-22-65(61)105(53)54(2)106)55-13-18-59(19-14-55)94-71(109)25-31-116-33-35-118-37-39-120-41-43-122-45-46-123-44-42-121-40-38-119-36-34-117-32-30-90-77(113)72-100-67(51-103(72)7)98-70(108)24-29-89-76(112)66-49-60(50-102(66)6)95-78(114)73-101-68(52-104(73)8)99-69(107)23-28-88-74(110)62(11-9-26-91-79(84)85)96-75(111)63(12-10-27-92-80(86)87)97-81(115)124-82(3,4)5/h13-22,48-53,62-64,93H,9-12,23-47H2,1-8H3,(H,88,110)(H,89,112)(H,90,113)(H,94,109)(H,95,114)(H,96,111)(H,97,115)(H,98,108)(H,99,107)(H4,84,85,91)(H4,86,87,92)/t53-,62-,63-,64+/m0/s1. The summed E-state index contributed by atoms with van der Waals surface area (Å²) in [4.78, 5) is 141. The summed E-state index contributed by atoms with van der Waals surface area (Å²) in [6.45, 7) is 14.6. The van der Waals surface area contributed by atoms with E-state index in [0.29, 0.717) is 103 Å². The van der Waals surface area contributed by atoms with Crippen molar-refractivity contribution in [3.05, 3.63) is 119 Å². The lowest BCUT2D eigenvalue weighted by molar-refractivity contribution is -0.130. The fraction of sp³-hybridized carbons (Fsp3) is 0.512. The Balaban J connectivity index is 0.647. The Labute approximate surface area is 724 Å². The van der Waals surface area contributed by atoms with E-state index in [-0.39, 0.29) is 162 Å². The van der Waals surface area contributed by atoms with Gasteiger partial charge >= 0.3 is 6.09 Å². The molecule has 0 radical (unpaired) electrons. The zero-order chi connectivity index (χ0) is 89.9. The van der Waals surface area contributed by atoms with Crippen LogP contribution in [-0.2, 0) is 92.5 Å². The highest BCUT2D eigenvalue weighted by molar-refractivity contribution is 6.30. The summed E-state index contributed by atoms with van der Waals surface area (Å²) in [6, 6.07) is 20.5. The number of aromatic nitrogens is 5. The molecule has 7 rings (SSSR count). The summed E-state index contributed by atoms with van der Waals surface area (Å²) in [6.07, 6.45) is 4.73. The number of benzene rings is 3. The summed E-state index contributed by atoms with van der Waals surface area (Å²) in [5.74, 6) is -4.83. The number of alkyl carbamates (subject to hydrolysis) is 1. The minimum absolute atomic E-state index is 0.00449. The number of anilines is 6. The van der Waals surface area contributed by atoms with E-state index in [2.05, 4.69) is 86.8 Å². The molecule has 3 aromatic carbocycles. The first-order valence-corrected chi connectivity index (χ1v) is 41.2. The Morgan fingerprint density at radius 3 is 1.48 bits per heavy atom. The van der Waals surface area contributed by atoms with Crippen molar-refractivity contribution in [2.45, 2.75) is 116 Å². The fourth-order valence-electron chi connectivity index (χ4n) is 12.6. The molecule has 0 unspecified atom stereocenters. The molecule has 678 valence electrons. The number of rotatable bonds is 55. The molecule has 10 amide bonds. The Morgan fingerprint density at radius 1 is 0.492 bits per heavy atom. The average Bonchev–Trinajstić information content (AvgIpc) is 1.11. The predicted octanol–water partition coefficient (Wildman–Crippen LogP) is 4.36. The third kappa shape index (κ3) is 36.3. The highest BCUT2D eigenvalue weighted by Gasteiger charge is 2.34. The van der Waals surface area contributed by atoms with Crippen molar-refractivity contribution in [3.8, 4) is 11.1 Å². The molecular formula is C82H119ClN22O19. The molecule has 0 aliphatic carbocycles. The van der Waals surface area contributed by atoms with Gasteiger partial charge in [0.2, 0.25) is 47.1 Å². The van der Waals surface area contributed by atoms with Gasteiger partial charge in [-0.2, -0.15) is 0 Å².